The lowest BCUT2D eigenvalue weighted by Crippen LogP contribution is -2.28. The van der Waals surface area contributed by atoms with Crippen molar-refractivity contribution in [3.63, 3.8) is 0 Å². The summed E-state index contributed by atoms with van der Waals surface area (Å²) in [5.74, 6) is 0.247. The Morgan fingerprint density at radius 2 is 1.50 bits per heavy atom. The summed E-state index contributed by atoms with van der Waals surface area (Å²) in [4.78, 5) is 0. The number of fused-ring (bicyclic) bond motifs is 1. The van der Waals surface area contributed by atoms with E-state index in [0.29, 0.717) is 0 Å². The van der Waals surface area contributed by atoms with Crippen LogP contribution < -0.4 is 11.1 Å². The van der Waals surface area contributed by atoms with Crippen LogP contribution in [0, 0.1) is 0 Å². The van der Waals surface area contributed by atoms with Gasteiger partial charge in [0.1, 0.15) is 0 Å². The van der Waals surface area contributed by atoms with E-state index >= 15 is 0 Å². The van der Waals surface area contributed by atoms with Crippen molar-refractivity contribution in [2.24, 2.45) is 5.73 Å². The van der Waals surface area contributed by atoms with Crippen molar-refractivity contribution in [2.75, 3.05) is 13.6 Å². The number of nitrogens with two attached hydrogens (primary N) is 1. The summed E-state index contributed by atoms with van der Waals surface area (Å²) in [6, 6.07) is 25.4. The molecular formula is C20H22N2. The number of likely N-dealkylation sites (N-methyl/N-ethyl adjacent to an activating group) is 1. The van der Waals surface area contributed by atoms with Gasteiger partial charge < -0.3 is 11.1 Å². The van der Waals surface area contributed by atoms with Crippen LogP contribution in [0.25, 0.3) is 10.8 Å². The highest BCUT2D eigenvalue weighted by Gasteiger charge is 2.20. The summed E-state index contributed by atoms with van der Waals surface area (Å²) in [5, 5.41) is 5.82. The van der Waals surface area contributed by atoms with E-state index in [1.165, 1.54) is 21.9 Å². The molecule has 3 rings (SSSR count). The highest BCUT2D eigenvalue weighted by Crippen LogP contribution is 2.30. The second-order valence-corrected chi connectivity index (χ2v) is 5.71. The summed E-state index contributed by atoms with van der Waals surface area (Å²) in [6.07, 6.45) is 0. The Morgan fingerprint density at radius 3 is 2.23 bits per heavy atom. The van der Waals surface area contributed by atoms with Crippen LogP contribution in [0.2, 0.25) is 0 Å². The molecule has 0 spiro atoms. The number of nitrogens with one attached hydrogen (secondary N) is 1. The molecule has 2 heteroatoms. The van der Waals surface area contributed by atoms with E-state index < -0.39 is 0 Å². The quantitative estimate of drug-likeness (QED) is 0.749. The lowest BCUT2D eigenvalue weighted by molar-refractivity contribution is 0.527. The van der Waals surface area contributed by atoms with Gasteiger partial charge in [-0.1, -0.05) is 72.8 Å². The molecule has 0 aliphatic carbocycles. The largest absolute Gasteiger partial charge is 0.323 e. The summed E-state index contributed by atoms with van der Waals surface area (Å²) in [7, 11) is 1.98. The standard InChI is InChI=1S/C20H22N2/c1-22-14-19(20(21)16-8-3-2-4-9-16)18-12-11-15-7-5-6-10-17(15)13-18/h2-13,19-20,22H,14,21H2,1H3. The fraction of sp³-hybridized carbons (Fsp3) is 0.200. The maximum Gasteiger partial charge on any atom is 0.0376 e. The topological polar surface area (TPSA) is 38.0 Å². The third-order valence-electron chi connectivity index (χ3n) is 4.24. The van der Waals surface area contributed by atoms with Crippen LogP contribution in [0.3, 0.4) is 0 Å². The molecular weight excluding hydrogens is 268 g/mol. The first-order valence-corrected chi connectivity index (χ1v) is 7.73. The van der Waals surface area contributed by atoms with Crippen molar-refractivity contribution < 1.29 is 0 Å². The number of hydrogen-bond donors (Lipinski definition) is 2. The molecule has 0 heterocycles. The fourth-order valence-electron chi connectivity index (χ4n) is 3.02. The van der Waals surface area contributed by atoms with Gasteiger partial charge in [0.05, 0.1) is 0 Å². The molecule has 0 amide bonds. The summed E-state index contributed by atoms with van der Waals surface area (Å²) in [6.45, 7) is 0.856. The maximum atomic E-state index is 6.56. The Kier molecular flexibility index (Phi) is 4.52. The van der Waals surface area contributed by atoms with Gasteiger partial charge in [-0.2, -0.15) is 0 Å². The van der Waals surface area contributed by atoms with Gasteiger partial charge in [-0.3, -0.25) is 0 Å². The van der Waals surface area contributed by atoms with Gasteiger partial charge in [-0.25, -0.2) is 0 Å². The molecule has 0 aromatic heterocycles. The first-order chi connectivity index (χ1) is 10.8. The fourth-order valence-corrected chi connectivity index (χ4v) is 3.02. The monoisotopic (exact) mass is 290 g/mol. The predicted molar refractivity (Wildman–Crippen MR) is 94.0 cm³/mol. The Morgan fingerprint density at radius 1 is 0.818 bits per heavy atom. The van der Waals surface area contributed by atoms with Gasteiger partial charge in [-0.15, -0.1) is 0 Å². The zero-order chi connectivity index (χ0) is 15.4. The molecule has 2 atom stereocenters. The van der Waals surface area contributed by atoms with Crippen molar-refractivity contribution in [1.82, 2.24) is 5.32 Å². The van der Waals surface area contributed by atoms with Crippen molar-refractivity contribution >= 4 is 10.8 Å². The normalized spacial score (nSPS) is 13.9. The molecule has 3 aromatic rings. The third-order valence-corrected chi connectivity index (χ3v) is 4.24. The molecule has 2 nitrogen and oxygen atoms in total. The second-order valence-electron chi connectivity index (χ2n) is 5.71. The second kappa shape index (κ2) is 6.73. The minimum Gasteiger partial charge on any atom is -0.323 e. The minimum atomic E-state index is -0.0187. The molecule has 0 radical (unpaired) electrons. The Labute approximate surface area is 132 Å². The van der Waals surface area contributed by atoms with Crippen LogP contribution in [0.5, 0.6) is 0 Å². The number of benzene rings is 3. The molecule has 0 bridgehead atoms. The highest BCUT2D eigenvalue weighted by molar-refractivity contribution is 5.83. The van der Waals surface area contributed by atoms with E-state index in [-0.39, 0.29) is 12.0 Å². The van der Waals surface area contributed by atoms with Crippen LogP contribution in [-0.2, 0) is 0 Å². The molecule has 112 valence electrons. The zero-order valence-electron chi connectivity index (χ0n) is 12.9. The smallest absolute Gasteiger partial charge is 0.0376 e. The van der Waals surface area contributed by atoms with Gasteiger partial charge in [0.15, 0.2) is 0 Å². The van der Waals surface area contributed by atoms with Gasteiger partial charge in [0.25, 0.3) is 0 Å². The molecule has 3 aromatic carbocycles. The molecule has 3 N–H and O–H groups in total. The van der Waals surface area contributed by atoms with Crippen LogP contribution in [-0.4, -0.2) is 13.6 Å². The number of rotatable bonds is 5. The van der Waals surface area contributed by atoms with Crippen molar-refractivity contribution in [2.45, 2.75) is 12.0 Å². The summed E-state index contributed by atoms with van der Waals surface area (Å²) < 4.78 is 0. The Hall–Kier alpha value is -2.16. The first-order valence-electron chi connectivity index (χ1n) is 7.73. The van der Waals surface area contributed by atoms with Gasteiger partial charge in [-0.05, 0) is 28.9 Å². The molecule has 22 heavy (non-hydrogen) atoms. The van der Waals surface area contributed by atoms with Gasteiger partial charge >= 0.3 is 0 Å². The summed E-state index contributed by atoms with van der Waals surface area (Å²) in [5.41, 5.74) is 9.02. The summed E-state index contributed by atoms with van der Waals surface area (Å²) >= 11 is 0. The molecule has 0 aliphatic heterocycles. The van der Waals surface area contributed by atoms with E-state index in [9.17, 15) is 0 Å². The average molecular weight is 290 g/mol. The van der Waals surface area contributed by atoms with Crippen molar-refractivity contribution in [3.8, 4) is 0 Å². The van der Waals surface area contributed by atoms with E-state index in [0.717, 1.165) is 6.54 Å². The average Bonchev–Trinajstić information content (AvgIpc) is 2.59. The Balaban J connectivity index is 1.98. The zero-order valence-corrected chi connectivity index (χ0v) is 12.9. The molecule has 0 saturated heterocycles. The maximum absolute atomic E-state index is 6.56. The molecule has 0 fully saturated rings. The lowest BCUT2D eigenvalue weighted by atomic mass is 9.86. The van der Waals surface area contributed by atoms with Crippen LogP contribution >= 0.6 is 0 Å². The van der Waals surface area contributed by atoms with E-state index in [2.05, 4.69) is 59.9 Å². The highest BCUT2D eigenvalue weighted by atomic mass is 14.8. The predicted octanol–water partition coefficient (Wildman–Crippen LogP) is 3.84. The third kappa shape index (κ3) is 3.03. The van der Waals surface area contributed by atoms with Crippen LogP contribution in [0.15, 0.2) is 72.8 Å². The SMILES string of the molecule is CNCC(c1ccc2ccccc2c1)C(N)c1ccccc1. The first kappa shape index (κ1) is 14.8. The van der Waals surface area contributed by atoms with Crippen molar-refractivity contribution in [1.29, 1.82) is 0 Å². The van der Waals surface area contributed by atoms with E-state index in [1.807, 2.05) is 25.2 Å². The Bertz CT molecular complexity index is 737. The molecule has 0 saturated carbocycles. The van der Waals surface area contributed by atoms with Gasteiger partial charge in [0.2, 0.25) is 0 Å². The lowest BCUT2D eigenvalue weighted by Gasteiger charge is -2.25. The van der Waals surface area contributed by atoms with E-state index in [1.54, 1.807) is 0 Å². The van der Waals surface area contributed by atoms with Gasteiger partial charge in [0, 0.05) is 18.5 Å². The molecule has 0 aliphatic rings. The van der Waals surface area contributed by atoms with Crippen LogP contribution in [0.4, 0.5) is 0 Å². The number of hydrogen-bond acceptors (Lipinski definition) is 2. The van der Waals surface area contributed by atoms with Crippen molar-refractivity contribution in [3.05, 3.63) is 83.9 Å². The minimum absolute atomic E-state index is 0.0187. The van der Waals surface area contributed by atoms with E-state index in [4.69, 9.17) is 5.73 Å². The molecule has 2 unspecified atom stereocenters. The van der Waals surface area contributed by atoms with Crippen LogP contribution in [0.1, 0.15) is 23.1 Å².